The highest BCUT2D eigenvalue weighted by Crippen LogP contribution is 2.14. The summed E-state index contributed by atoms with van der Waals surface area (Å²) in [5, 5.41) is 0. The van der Waals surface area contributed by atoms with Crippen molar-refractivity contribution in [3.05, 3.63) is 55.7 Å². The van der Waals surface area contributed by atoms with Crippen LogP contribution in [0.5, 0.6) is 0 Å². The average molecular weight is 368 g/mol. The molecule has 0 unspecified atom stereocenters. The zero-order chi connectivity index (χ0) is 14.6. The van der Waals surface area contributed by atoms with Crippen molar-refractivity contribution in [2.24, 2.45) is 0 Å². The molecule has 102 valence electrons. The Morgan fingerprint density at radius 3 is 1.63 bits per heavy atom. The van der Waals surface area contributed by atoms with Crippen molar-refractivity contribution in [2.45, 2.75) is 41.5 Å². The lowest BCUT2D eigenvalue weighted by Gasteiger charge is -2.02. The van der Waals surface area contributed by atoms with Crippen molar-refractivity contribution in [1.82, 2.24) is 9.97 Å². The number of hydrogen-bond donors (Lipinski definition) is 0. The van der Waals surface area contributed by atoms with Crippen LogP contribution in [0.2, 0.25) is 0 Å². The first-order valence-electron chi connectivity index (χ1n) is 6.32. The summed E-state index contributed by atoms with van der Waals surface area (Å²) < 4.78 is 1.28. The maximum atomic E-state index is 4.33. The van der Waals surface area contributed by atoms with Crippen molar-refractivity contribution >= 4 is 22.6 Å². The molecular formula is C16H21IN2. The van der Waals surface area contributed by atoms with Crippen LogP contribution in [-0.4, -0.2) is 9.97 Å². The molecule has 2 rings (SSSR count). The van der Waals surface area contributed by atoms with Crippen molar-refractivity contribution in [2.75, 3.05) is 0 Å². The largest absolute Gasteiger partial charge is 0.258 e. The molecule has 0 saturated carbocycles. The van der Waals surface area contributed by atoms with Crippen molar-refractivity contribution in [1.29, 1.82) is 0 Å². The molecule has 3 heteroatoms. The van der Waals surface area contributed by atoms with Gasteiger partial charge in [0, 0.05) is 20.7 Å². The van der Waals surface area contributed by atoms with Gasteiger partial charge in [0.25, 0.3) is 0 Å². The molecule has 0 saturated heterocycles. The SMILES string of the molecule is Cc1cc(C)c(I)c(C)n1.Cc1cc(C)nc(C)c1. The quantitative estimate of drug-likeness (QED) is 0.635. The summed E-state index contributed by atoms with van der Waals surface area (Å²) in [4.78, 5) is 8.56. The third-order valence-corrected chi connectivity index (χ3v) is 4.29. The third-order valence-electron chi connectivity index (χ3n) is 2.66. The van der Waals surface area contributed by atoms with Gasteiger partial charge in [-0.1, -0.05) is 0 Å². The van der Waals surface area contributed by atoms with Gasteiger partial charge in [0.05, 0.1) is 5.69 Å². The molecule has 2 nitrogen and oxygen atoms in total. The minimum atomic E-state index is 1.10. The van der Waals surface area contributed by atoms with E-state index in [-0.39, 0.29) is 0 Å². The molecule has 2 aromatic rings. The molecule has 0 spiro atoms. The van der Waals surface area contributed by atoms with Crippen LogP contribution in [0, 0.1) is 45.1 Å². The smallest absolute Gasteiger partial charge is 0.0511 e. The van der Waals surface area contributed by atoms with E-state index >= 15 is 0 Å². The second-order valence-corrected chi connectivity index (χ2v) is 5.99. The zero-order valence-corrected chi connectivity index (χ0v) is 14.7. The Balaban J connectivity index is 0.000000191. The molecule has 0 N–H and O–H groups in total. The lowest BCUT2D eigenvalue weighted by atomic mass is 10.2. The summed E-state index contributed by atoms with van der Waals surface area (Å²) in [6.45, 7) is 12.3. The molecular weight excluding hydrogens is 347 g/mol. The van der Waals surface area contributed by atoms with Crippen LogP contribution >= 0.6 is 22.6 Å². The summed E-state index contributed by atoms with van der Waals surface area (Å²) in [6.07, 6.45) is 0. The standard InChI is InChI=1S/C8H10IN.C8H11N/c1-5-4-6(2)10-7(3)8(5)9;1-6-4-7(2)9-8(3)5-6/h4H,1-3H3;4-5H,1-3H3. The lowest BCUT2D eigenvalue weighted by molar-refractivity contribution is 1.08. The molecule has 0 aromatic carbocycles. The molecule has 0 fully saturated rings. The van der Waals surface area contributed by atoms with E-state index in [1.54, 1.807) is 0 Å². The number of aromatic nitrogens is 2. The van der Waals surface area contributed by atoms with Crippen LogP contribution in [0.3, 0.4) is 0 Å². The Bertz CT molecular complexity index is 503. The van der Waals surface area contributed by atoms with Crippen LogP contribution < -0.4 is 0 Å². The van der Waals surface area contributed by atoms with Gasteiger partial charge in [-0.15, -0.1) is 0 Å². The zero-order valence-electron chi connectivity index (χ0n) is 12.5. The van der Waals surface area contributed by atoms with E-state index < -0.39 is 0 Å². The van der Waals surface area contributed by atoms with E-state index in [9.17, 15) is 0 Å². The molecule has 0 aliphatic rings. The van der Waals surface area contributed by atoms with Gasteiger partial charge in [-0.05, 0) is 93.5 Å². The molecule has 0 bridgehead atoms. The summed E-state index contributed by atoms with van der Waals surface area (Å²) in [5.41, 5.74) is 7.07. The number of halogens is 1. The second-order valence-electron chi connectivity index (χ2n) is 4.91. The minimum absolute atomic E-state index is 1.10. The highest BCUT2D eigenvalue weighted by Gasteiger charge is 1.99. The summed E-state index contributed by atoms with van der Waals surface area (Å²) in [5.74, 6) is 0. The normalized spacial score (nSPS) is 9.84. The molecule has 0 amide bonds. The predicted octanol–water partition coefficient (Wildman–Crippen LogP) is 4.62. The van der Waals surface area contributed by atoms with Gasteiger partial charge in [-0.3, -0.25) is 9.97 Å². The fourth-order valence-electron chi connectivity index (χ4n) is 2.05. The molecule has 2 heterocycles. The van der Waals surface area contributed by atoms with Gasteiger partial charge in [0.2, 0.25) is 0 Å². The Morgan fingerprint density at radius 1 is 0.737 bits per heavy atom. The molecule has 0 aliphatic carbocycles. The molecule has 0 atom stereocenters. The third kappa shape index (κ3) is 5.27. The van der Waals surface area contributed by atoms with Crippen LogP contribution in [0.15, 0.2) is 18.2 Å². The summed E-state index contributed by atoms with van der Waals surface area (Å²) >= 11 is 2.32. The van der Waals surface area contributed by atoms with Crippen molar-refractivity contribution in [3.8, 4) is 0 Å². The first-order chi connectivity index (χ1) is 8.79. The van der Waals surface area contributed by atoms with Gasteiger partial charge in [-0.25, -0.2) is 0 Å². The van der Waals surface area contributed by atoms with Crippen LogP contribution in [0.1, 0.15) is 33.9 Å². The van der Waals surface area contributed by atoms with Gasteiger partial charge < -0.3 is 0 Å². The number of pyridine rings is 2. The molecule has 19 heavy (non-hydrogen) atoms. The fraction of sp³-hybridized carbons (Fsp3) is 0.375. The number of nitrogens with zero attached hydrogens (tertiary/aromatic N) is 2. The minimum Gasteiger partial charge on any atom is -0.258 e. The number of hydrogen-bond acceptors (Lipinski definition) is 2. The van der Waals surface area contributed by atoms with E-state index in [0.29, 0.717) is 0 Å². The maximum absolute atomic E-state index is 4.33. The van der Waals surface area contributed by atoms with Gasteiger partial charge in [0.15, 0.2) is 0 Å². The maximum Gasteiger partial charge on any atom is 0.0511 e. The topological polar surface area (TPSA) is 25.8 Å². The van der Waals surface area contributed by atoms with E-state index in [4.69, 9.17) is 0 Å². The first-order valence-corrected chi connectivity index (χ1v) is 7.39. The number of aryl methyl sites for hydroxylation is 6. The summed E-state index contributed by atoms with van der Waals surface area (Å²) in [7, 11) is 0. The van der Waals surface area contributed by atoms with E-state index in [2.05, 4.69) is 64.6 Å². The van der Waals surface area contributed by atoms with E-state index in [0.717, 1.165) is 22.8 Å². The Kier molecular flexibility index (Phi) is 5.91. The van der Waals surface area contributed by atoms with Gasteiger partial charge in [0.1, 0.15) is 0 Å². The van der Waals surface area contributed by atoms with Crippen LogP contribution in [0.25, 0.3) is 0 Å². The Hall–Kier alpha value is -0.970. The Morgan fingerprint density at radius 2 is 1.21 bits per heavy atom. The van der Waals surface area contributed by atoms with Crippen LogP contribution in [0.4, 0.5) is 0 Å². The molecule has 2 aromatic heterocycles. The number of rotatable bonds is 0. The average Bonchev–Trinajstić information content (AvgIpc) is 2.24. The van der Waals surface area contributed by atoms with Gasteiger partial charge >= 0.3 is 0 Å². The highest BCUT2D eigenvalue weighted by atomic mass is 127. The Labute approximate surface area is 129 Å². The predicted molar refractivity (Wildman–Crippen MR) is 89.6 cm³/mol. The molecule has 0 aliphatic heterocycles. The van der Waals surface area contributed by atoms with Crippen molar-refractivity contribution < 1.29 is 0 Å². The lowest BCUT2D eigenvalue weighted by Crippen LogP contribution is -1.92. The monoisotopic (exact) mass is 368 g/mol. The van der Waals surface area contributed by atoms with Crippen molar-refractivity contribution in [3.63, 3.8) is 0 Å². The van der Waals surface area contributed by atoms with Gasteiger partial charge in [-0.2, -0.15) is 0 Å². The fourth-order valence-corrected chi connectivity index (χ4v) is 2.33. The summed E-state index contributed by atoms with van der Waals surface area (Å²) in [6, 6.07) is 6.26. The van der Waals surface area contributed by atoms with E-state index in [1.807, 2.05) is 27.7 Å². The molecule has 0 radical (unpaired) electrons. The van der Waals surface area contributed by atoms with E-state index in [1.165, 1.54) is 14.7 Å². The second kappa shape index (κ2) is 6.98. The first kappa shape index (κ1) is 16.1. The highest BCUT2D eigenvalue weighted by molar-refractivity contribution is 14.1. The van der Waals surface area contributed by atoms with Crippen LogP contribution in [-0.2, 0) is 0 Å².